The van der Waals surface area contributed by atoms with Crippen LogP contribution in [0, 0.1) is 0 Å². The van der Waals surface area contributed by atoms with Crippen molar-refractivity contribution in [2.45, 2.75) is 32.7 Å². The van der Waals surface area contributed by atoms with E-state index in [1.54, 1.807) is 6.07 Å². The molecule has 1 aromatic rings. The van der Waals surface area contributed by atoms with Crippen LogP contribution in [0.3, 0.4) is 0 Å². The summed E-state index contributed by atoms with van der Waals surface area (Å²) < 4.78 is 0. The lowest BCUT2D eigenvalue weighted by Crippen LogP contribution is -2.31. The fourth-order valence-corrected chi connectivity index (χ4v) is 1.27. The summed E-state index contributed by atoms with van der Waals surface area (Å²) in [4.78, 5) is 10.8. The fraction of sp³-hybridized carbons (Fsp3) is 0.667. The van der Waals surface area contributed by atoms with Crippen LogP contribution in [0.4, 0.5) is 11.6 Å². The molecule has 0 amide bonds. The molecule has 0 aromatic carbocycles. The molecule has 1 aromatic heterocycles. The van der Waals surface area contributed by atoms with Crippen molar-refractivity contribution in [3.63, 3.8) is 0 Å². The lowest BCUT2D eigenvalue weighted by molar-refractivity contribution is 0.326. The van der Waals surface area contributed by atoms with E-state index in [4.69, 9.17) is 5.73 Å². The maximum atomic E-state index is 5.76. The molecule has 1 atom stereocenters. The van der Waals surface area contributed by atoms with E-state index in [0.29, 0.717) is 11.9 Å². The van der Waals surface area contributed by atoms with Gasteiger partial charge in [0.1, 0.15) is 17.5 Å². The highest BCUT2D eigenvalue weighted by molar-refractivity contribution is 5.45. The van der Waals surface area contributed by atoms with E-state index in [1.807, 2.05) is 0 Å². The molecule has 0 aliphatic rings. The van der Waals surface area contributed by atoms with Crippen molar-refractivity contribution >= 4 is 11.6 Å². The molecule has 1 heterocycles. The van der Waals surface area contributed by atoms with Crippen molar-refractivity contribution in [2.24, 2.45) is 0 Å². The number of nitrogens with two attached hydrogens (primary N) is 1. The molecule has 0 fully saturated rings. The predicted molar refractivity (Wildman–Crippen MR) is 72.2 cm³/mol. The zero-order valence-corrected chi connectivity index (χ0v) is 11.4. The van der Waals surface area contributed by atoms with E-state index in [-0.39, 0.29) is 5.92 Å². The Morgan fingerprint density at radius 3 is 2.47 bits per heavy atom. The van der Waals surface area contributed by atoms with Crippen LogP contribution in [0.1, 0.15) is 32.5 Å². The smallest absolute Gasteiger partial charge is 0.135 e. The van der Waals surface area contributed by atoms with Gasteiger partial charge in [-0.15, -0.1) is 0 Å². The molecule has 1 rings (SSSR count). The largest absolute Gasteiger partial charge is 0.384 e. The second-order valence-electron chi connectivity index (χ2n) is 4.88. The van der Waals surface area contributed by atoms with E-state index in [2.05, 4.69) is 55.1 Å². The van der Waals surface area contributed by atoms with Gasteiger partial charge in [-0.1, -0.05) is 13.8 Å². The summed E-state index contributed by atoms with van der Waals surface area (Å²) in [5.74, 6) is 2.38. The first kappa shape index (κ1) is 13.7. The number of nitrogens with one attached hydrogen (secondary N) is 1. The van der Waals surface area contributed by atoms with Crippen molar-refractivity contribution in [3.05, 3.63) is 11.9 Å². The summed E-state index contributed by atoms with van der Waals surface area (Å²) in [7, 11) is 4.11. The van der Waals surface area contributed by atoms with Crippen LogP contribution in [0.15, 0.2) is 6.07 Å². The van der Waals surface area contributed by atoms with Gasteiger partial charge < -0.3 is 16.0 Å². The Morgan fingerprint density at radius 2 is 1.94 bits per heavy atom. The van der Waals surface area contributed by atoms with Gasteiger partial charge in [-0.05, 0) is 21.0 Å². The number of rotatable bonds is 5. The molecule has 0 aliphatic heterocycles. The summed E-state index contributed by atoms with van der Waals surface area (Å²) >= 11 is 0. The molecule has 3 N–H and O–H groups in total. The van der Waals surface area contributed by atoms with E-state index < -0.39 is 0 Å². The Bertz CT molecular complexity index is 362. The fourth-order valence-electron chi connectivity index (χ4n) is 1.27. The van der Waals surface area contributed by atoms with Gasteiger partial charge in [0.2, 0.25) is 0 Å². The Kier molecular flexibility index (Phi) is 4.69. The first-order valence-electron chi connectivity index (χ1n) is 5.95. The zero-order valence-electron chi connectivity index (χ0n) is 11.4. The molecular weight excluding hydrogens is 214 g/mol. The lowest BCUT2D eigenvalue weighted by Gasteiger charge is -2.20. The van der Waals surface area contributed by atoms with Crippen molar-refractivity contribution in [2.75, 3.05) is 31.7 Å². The molecule has 0 radical (unpaired) electrons. The van der Waals surface area contributed by atoms with Crippen molar-refractivity contribution < 1.29 is 0 Å². The molecule has 0 saturated heterocycles. The van der Waals surface area contributed by atoms with E-state index in [0.717, 1.165) is 18.2 Å². The third-order valence-corrected chi connectivity index (χ3v) is 2.74. The highest BCUT2D eigenvalue weighted by atomic mass is 15.1. The van der Waals surface area contributed by atoms with Crippen LogP contribution < -0.4 is 11.1 Å². The van der Waals surface area contributed by atoms with Crippen molar-refractivity contribution in [1.82, 2.24) is 14.9 Å². The first-order chi connectivity index (χ1) is 7.90. The molecule has 0 aliphatic carbocycles. The minimum absolute atomic E-state index is 0.283. The zero-order chi connectivity index (χ0) is 13.0. The lowest BCUT2D eigenvalue weighted by atomic mass is 10.2. The summed E-state index contributed by atoms with van der Waals surface area (Å²) in [6.07, 6.45) is 0. The average Bonchev–Trinajstić information content (AvgIpc) is 2.24. The molecular formula is C12H23N5. The average molecular weight is 237 g/mol. The Labute approximate surface area is 103 Å². The van der Waals surface area contributed by atoms with Crippen molar-refractivity contribution in [3.8, 4) is 0 Å². The van der Waals surface area contributed by atoms with Gasteiger partial charge in [0.25, 0.3) is 0 Å². The Balaban J connectivity index is 2.71. The standard InChI is InChI=1S/C12H23N5/c1-8(2)12-15-10(13)6-11(16-12)14-7-9(3)17(4)5/h6,8-9H,7H2,1-5H3,(H3,13,14,15,16). The number of aromatic nitrogens is 2. The predicted octanol–water partition coefficient (Wildman–Crippen LogP) is 1.54. The number of hydrogen-bond donors (Lipinski definition) is 2. The highest BCUT2D eigenvalue weighted by Crippen LogP contribution is 2.15. The van der Waals surface area contributed by atoms with Gasteiger partial charge in [-0.25, -0.2) is 9.97 Å². The first-order valence-corrected chi connectivity index (χ1v) is 5.95. The Morgan fingerprint density at radius 1 is 1.29 bits per heavy atom. The van der Waals surface area contributed by atoms with Crippen LogP contribution >= 0.6 is 0 Å². The molecule has 5 nitrogen and oxygen atoms in total. The topological polar surface area (TPSA) is 67.1 Å². The maximum Gasteiger partial charge on any atom is 0.135 e. The minimum atomic E-state index is 0.283. The van der Waals surface area contributed by atoms with Gasteiger partial charge in [0.15, 0.2) is 0 Å². The van der Waals surface area contributed by atoms with Crippen molar-refractivity contribution in [1.29, 1.82) is 0 Å². The monoisotopic (exact) mass is 237 g/mol. The molecule has 0 bridgehead atoms. The molecule has 0 saturated carbocycles. The number of likely N-dealkylation sites (N-methyl/N-ethyl adjacent to an activating group) is 1. The SMILES string of the molecule is CC(C)c1nc(N)cc(NCC(C)N(C)C)n1. The third-order valence-electron chi connectivity index (χ3n) is 2.74. The van der Waals surface area contributed by atoms with Crippen LogP contribution in [0.5, 0.6) is 0 Å². The summed E-state index contributed by atoms with van der Waals surface area (Å²) in [6.45, 7) is 7.10. The van der Waals surface area contributed by atoms with Gasteiger partial charge in [0, 0.05) is 24.6 Å². The second kappa shape index (κ2) is 5.82. The summed E-state index contributed by atoms with van der Waals surface area (Å²) in [6, 6.07) is 2.21. The number of hydrogen-bond acceptors (Lipinski definition) is 5. The van der Waals surface area contributed by atoms with Crippen LogP contribution in [0.2, 0.25) is 0 Å². The van der Waals surface area contributed by atoms with Gasteiger partial charge in [0.05, 0.1) is 0 Å². The van der Waals surface area contributed by atoms with E-state index in [1.165, 1.54) is 0 Å². The minimum Gasteiger partial charge on any atom is -0.384 e. The highest BCUT2D eigenvalue weighted by Gasteiger charge is 2.08. The number of nitrogens with zero attached hydrogens (tertiary/aromatic N) is 3. The normalized spacial score (nSPS) is 13.1. The number of anilines is 2. The van der Waals surface area contributed by atoms with Crippen LogP contribution in [0.25, 0.3) is 0 Å². The van der Waals surface area contributed by atoms with Crippen LogP contribution in [-0.4, -0.2) is 41.5 Å². The molecule has 96 valence electrons. The third kappa shape index (κ3) is 4.19. The molecule has 1 unspecified atom stereocenters. The Hall–Kier alpha value is -1.36. The molecule has 5 heteroatoms. The van der Waals surface area contributed by atoms with Gasteiger partial charge in [-0.2, -0.15) is 0 Å². The maximum absolute atomic E-state index is 5.76. The van der Waals surface area contributed by atoms with Gasteiger partial charge >= 0.3 is 0 Å². The second-order valence-corrected chi connectivity index (χ2v) is 4.88. The van der Waals surface area contributed by atoms with Gasteiger partial charge in [-0.3, -0.25) is 0 Å². The van der Waals surface area contributed by atoms with E-state index in [9.17, 15) is 0 Å². The quantitative estimate of drug-likeness (QED) is 0.813. The summed E-state index contributed by atoms with van der Waals surface area (Å²) in [5, 5.41) is 3.29. The molecule has 17 heavy (non-hydrogen) atoms. The summed E-state index contributed by atoms with van der Waals surface area (Å²) in [5.41, 5.74) is 5.76. The van der Waals surface area contributed by atoms with E-state index >= 15 is 0 Å². The van der Waals surface area contributed by atoms with Crippen LogP contribution in [-0.2, 0) is 0 Å². The number of nitrogen functional groups attached to an aromatic ring is 1. The molecule has 0 spiro atoms.